The third-order valence-electron chi connectivity index (χ3n) is 3.24. The zero-order valence-electron chi connectivity index (χ0n) is 12.8. The minimum Gasteiger partial charge on any atom is -0.388 e. The van der Waals surface area contributed by atoms with Gasteiger partial charge in [-0.05, 0) is 31.9 Å². The first kappa shape index (κ1) is 17.1. The van der Waals surface area contributed by atoms with Gasteiger partial charge in [0.2, 0.25) is 0 Å². The molecule has 1 heterocycles. The third-order valence-corrected chi connectivity index (χ3v) is 4.33. The van der Waals surface area contributed by atoms with E-state index in [-0.39, 0.29) is 12.5 Å². The van der Waals surface area contributed by atoms with E-state index in [0.29, 0.717) is 17.9 Å². The fourth-order valence-corrected chi connectivity index (χ4v) is 2.91. The fraction of sp³-hybridized carbons (Fsp3) is 0.667. The highest BCUT2D eigenvalue weighted by Crippen LogP contribution is 2.23. The van der Waals surface area contributed by atoms with Crippen LogP contribution in [0.4, 0.5) is 0 Å². The normalized spacial score (nSPS) is 14.1. The molecule has 0 bridgehead atoms. The molecule has 1 rings (SSSR count). The fourth-order valence-electron chi connectivity index (χ4n) is 1.92. The van der Waals surface area contributed by atoms with Gasteiger partial charge in [-0.25, -0.2) is 0 Å². The number of carbonyl (C=O) groups is 1. The molecule has 0 fully saturated rings. The Bertz CT molecular complexity index is 440. The minimum absolute atomic E-state index is 0.113. The summed E-state index contributed by atoms with van der Waals surface area (Å²) < 4.78 is 4.94. The second kappa shape index (κ2) is 7.76. The Hall–Kier alpha value is -0.910. The molecule has 0 aliphatic heterocycles. The Morgan fingerprint density at radius 2 is 2.25 bits per heavy atom. The van der Waals surface area contributed by atoms with Crippen LogP contribution in [-0.4, -0.2) is 36.9 Å². The molecule has 0 aromatic carbocycles. The number of nitrogens with one attached hydrogen (secondary N) is 1. The van der Waals surface area contributed by atoms with Crippen molar-refractivity contribution < 1.29 is 14.6 Å². The number of thiophene rings is 1. The van der Waals surface area contributed by atoms with Crippen LogP contribution in [0.25, 0.3) is 0 Å². The molecule has 1 atom stereocenters. The number of hydrogen-bond donors (Lipinski definition) is 2. The summed E-state index contributed by atoms with van der Waals surface area (Å²) in [4.78, 5) is 14.0. The Labute approximate surface area is 125 Å². The highest BCUT2D eigenvalue weighted by molar-refractivity contribution is 7.14. The molecule has 0 radical (unpaired) electrons. The lowest BCUT2D eigenvalue weighted by Gasteiger charge is -2.22. The molecule has 114 valence electrons. The van der Waals surface area contributed by atoms with E-state index in [4.69, 9.17) is 4.74 Å². The first-order valence-corrected chi connectivity index (χ1v) is 7.80. The summed E-state index contributed by atoms with van der Waals surface area (Å²) >= 11 is 1.51. The van der Waals surface area contributed by atoms with Gasteiger partial charge in [0, 0.05) is 31.6 Å². The predicted octanol–water partition coefficient (Wildman–Crippen LogP) is 2.53. The van der Waals surface area contributed by atoms with Gasteiger partial charge in [-0.2, -0.15) is 0 Å². The van der Waals surface area contributed by atoms with E-state index in [1.807, 2.05) is 13.0 Å². The monoisotopic (exact) mass is 299 g/mol. The Balaban J connectivity index is 2.56. The van der Waals surface area contributed by atoms with E-state index in [2.05, 4.69) is 12.2 Å². The molecule has 2 N–H and O–H groups in total. The summed E-state index contributed by atoms with van der Waals surface area (Å²) in [7, 11) is 1.60. The zero-order valence-corrected chi connectivity index (χ0v) is 13.6. The van der Waals surface area contributed by atoms with Crippen molar-refractivity contribution >= 4 is 17.2 Å². The molecule has 1 amide bonds. The number of amides is 1. The van der Waals surface area contributed by atoms with Crippen LogP contribution < -0.4 is 5.32 Å². The van der Waals surface area contributed by atoms with Crippen molar-refractivity contribution in [2.24, 2.45) is 0 Å². The summed E-state index contributed by atoms with van der Waals surface area (Å²) in [5.41, 5.74) is 0.304. The molecule has 0 aliphatic rings. The largest absolute Gasteiger partial charge is 0.388 e. The molecular formula is C15H25NO3S. The first-order chi connectivity index (χ1) is 9.39. The second-order valence-corrected chi connectivity index (χ2v) is 6.62. The van der Waals surface area contributed by atoms with Gasteiger partial charge in [-0.1, -0.05) is 13.3 Å². The van der Waals surface area contributed by atoms with Gasteiger partial charge >= 0.3 is 0 Å². The van der Waals surface area contributed by atoms with Crippen LogP contribution in [0, 0.1) is 6.92 Å². The summed E-state index contributed by atoms with van der Waals surface area (Å²) in [6.07, 6.45) is 2.57. The van der Waals surface area contributed by atoms with Crippen LogP contribution in [-0.2, 0) is 11.2 Å². The van der Waals surface area contributed by atoms with Crippen LogP contribution >= 0.6 is 11.3 Å². The number of aryl methyl sites for hydroxylation is 2. The summed E-state index contributed by atoms with van der Waals surface area (Å²) in [6, 6.07) is 1.96. The maximum atomic E-state index is 12.1. The number of ether oxygens (including phenoxy) is 1. The van der Waals surface area contributed by atoms with E-state index < -0.39 is 5.60 Å². The lowest BCUT2D eigenvalue weighted by atomic mass is 10.0. The van der Waals surface area contributed by atoms with E-state index in [1.54, 1.807) is 14.0 Å². The molecule has 5 heteroatoms. The lowest BCUT2D eigenvalue weighted by Crippen LogP contribution is -2.41. The smallest absolute Gasteiger partial charge is 0.261 e. The summed E-state index contributed by atoms with van der Waals surface area (Å²) in [6.45, 7) is 6.58. The minimum atomic E-state index is -0.940. The molecule has 0 saturated heterocycles. The van der Waals surface area contributed by atoms with Crippen molar-refractivity contribution in [1.29, 1.82) is 0 Å². The highest BCUT2D eigenvalue weighted by atomic mass is 32.1. The molecular weight excluding hydrogens is 274 g/mol. The van der Waals surface area contributed by atoms with Crippen LogP contribution in [0.5, 0.6) is 0 Å². The van der Waals surface area contributed by atoms with E-state index in [0.717, 1.165) is 12.8 Å². The Kier molecular flexibility index (Phi) is 6.65. The van der Waals surface area contributed by atoms with Gasteiger partial charge in [-0.15, -0.1) is 11.3 Å². The number of aliphatic hydroxyl groups is 1. The predicted molar refractivity (Wildman–Crippen MR) is 82.5 cm³/mol. The Morgan fingerprint density at radius 3 is 2.85 bits per heavy atom. The van der Waals surface area contributed by atoms with Crippen molar-refractivity contribution in [1.82, 2.24) is 5.32 Å². The van der Waals surface area contributed by atoms with Crippen molar-refractivity contribution in [2.75, 3.05) is 20.3 Å². The molecule has 1 unspecified atom stereocenters. The molecule has 4 nitrogen and oxygen atoms in total. The number of methoxy groups -OCH3 is 1. The van der Waals surface area contributed by atoms with Crippen LogP contribution in [0.15, 0.2) is 6.07 Å². The molecule has 0 saturated carbocycles. The maximum Gasteiger partial charge on any atom is 0.261 e. The van der Waals surface area contributed by atoms with Crippen molar-refractivity contribution in [3.05, 3.63) is 21.4 Å². The van der Waals surface area contributed by atoms with Crippen LogP contribution in [0.2, 0.25) is 0 Å². The molecule has 1 aromatic heterocycles. The number of rotatable bonds is 8. The molecule has 1 aromatic rings. The molecule has 20 heavy (non-hydrogen) atoms. The van der Waals surface area contributed by atoms with Gasteiger partial charge in [0.25, 0.3) is 5.91 Å². The van der Waals surface area contributed by atoms with Crippen molar-refractivity contribution in [3.8, 4) is 0 Å². The highest BCUT2D eigenvalue weighted by Gasteiger charge is 2.22. The average molecular weight is 299 g/mol. The molecule has 0 spiro atoms. The van der Waals surface area contributed by atoms with Crippen molar-refractivity contribution in [2.45, 2.75) is 45.6 Å². The van der Waals surface area contributed by atoms with Crippen molar-refractivity contribution in [3.63, 3.8) is 0 Å². The van der Waals surface area contributed by atoms with Gasteiger partial charge in [0.15, 0.2) is 0 Å². The topological polar surface area (TPSA) is 58.6 Å². The lowest BCUT2D eigenvalue weighted by molar-refractivity contribution is 0.0244. The first-order valence-electron chi connectivity index (χ1n) is 6.98. The number of hydrogen-bond acceptors (Lipinski definition) is 4. The summed E-state index contributed by atoms with van der Waals surface area (Å²) in [5.74, 6) is -0.113. The van der Waals surface area contributed by atoms with E-state index in [1.165, 1.54) is 21.8 Å². The van der Waals surface area contributed by atoms with E-state index >= 15 is 0 Å². The van der Waals surface area contributed by atoms with Gasteiger partial charge in [-0.3, -0.25) is 4.79 Å². The van der Waals surface area contributed by atoms with Gasteiger partial charge < -0.3 is 15.2 Å². The van der Waals surface area contributed by atoms with Gasteiger partial charge in [0.05, 0.1) is 10.5 Å². The SMILES string of the molecule is CCCc1cc(C(=O)NCC(C)(O)CCOC)sc1C. The third kappa shape index (κ3) is 5.23. The van der Waals surface area contributed by atoms with Gasteiger partial charge in [0.1, 0.15) is 0 Å². The maximum absolute atomic E-state index is 12.1. The average Bonchev–Trinajstić information content (AvgIpc) is 2.76. The second-order valence-electron chi connectivity index (χ2n) is 5.36. The quantitative estimate of drug-likeness (QED) is 0.775. The standard InChI is InChI=1S/C15H25NO3S/c1-5-6-12-9-13(20-11(12)2)14(17)16-10-15(3,18)7-8-19-4/h9,18H,5-8,10H2,1-4H3,(H,16,17). The number of carbonyl (C=O) groups excluding carboxylic acids is 1. The van der Waals surface area contributed by atoms with E-state index in [9.17, 15) is 9.90 Å². The van der Waals surface area contributed by atoms with Crippen LogP contribution in [0.1, 0.15) is 46.8 Å². The Morgan fingerprint density at radius 1 is 1.55 bits per heavy atom. The zero-order chi connectivity index (χ0) is 15.2. The summed E-state index contributed by atoms with van der Waals surface area (Å²) in [5, 5.41) is 12.9. The molecule has 0 aliphatic carbocycles. The van der Waals surface area contributed by atoms with Crippen LogP contribution in [0.3, 0.4) is 0 Å².